The quantitative estimate of drug-likeness (QED) is 0.782. The number of hydrogen-bond acceptors (Lipinski definition) is 4. The molecule has 0 saturated heterocycles. The van der Waals surface area contributed by atoms with Crippen LogP contribution in [0.25, 0.3) is 0 Å². The molecular formula is C10H9ClN2S2. The number of benzene rings is 1. The van der Waals surface area contributed by atoms with Gasteiger partial charge in [-0.1, -0.05) is 34.3 Å². The molecule has 0 aliphatic rings. The molecule has 0 radical (unpaired) electrons. The van der Waals surface area contributed by atoms with Gasteiger partial charge in [-0.2, -0.15) is 0 Å². The smallest absolute Gasteiger partial charge is 0.138 e. The number of aromatic nitrogens is 2. The molecule has 0 atom stereocenters. The average molecular weight is 257 g/mol. The number of hydrogen-bond donors (Lipinski definition) is 0. The van der Waals surface area contributed by atoms with E-state index in [0.29, 0.717) is 4.34 Å². The molecule has 0 N–H and O–H groups in total. The zero-order chi connectivity index (χ0) is 10.7. The Morgan fingerprint density at radius 1 is 1.40 bits per heavy atom. The summed E-state index contributed by atoms with van der Waals surface area (Å²) in [5.41, 5.74) is 2.15. The minimum Gasteiger partial charge on any atom is -0.141 e. The van der Waals surface area contributed by atoms with Crippen molar-refractivity contribution in [2.45, 2.75) is 17.6 Å². The fourth-order valence-electron chi connectivity index (χ4n) is 1.15. The fourth-order valence-corrected chi connectivity index (χ4v) is 2.91. The number of aryl methyl sites for hydroxylation is 1. The van der Waals surface area contributed by atoms with Crippen LogP contribution in [0.4, 0.5) is 0 Å². The van der Waals surface area contributed by atoms with Gasteiger partial charge in [-0.3, -0.25) is 0 Å². The maximum Gasteiger partial charge on any atom is 0.138 e. The molecule has 0 saturated carbocycles. The molecule has 5 heteroatoms. The predicted octanol–water partition coefficient (Wildman–Crippen LogP) is 3.79. The molecule has 0 fully saturated rings. The molecule has 1 heterocycles. The first-order chi connectivity index (χ1) is 7.27. The Balaban J connectivity index is 2.06. The summed E-state index contributed by atoms with van der Waals surface area (Å²) >= 11 is 8.90. The van der Waals surface area contributed by atoms with Gasteiger partial charge < -0.3 is 0 Å². The van der Waals surface area contributed by atoms with Crippen molar-refractivity contribution in [1.82, 2.24) is 9.59 Å². The minimum absolute atomic E-state index is 0.691. The SMILES string of the molecule is Cc1ccccc1SCc1nnsc1Cl. The molecule has 2 rings (SSSR count). The highest BCUT2D eigenvalue weighted by Crippen LogP contribution is 2.28. The number of nitrogens with zero attached hydrogens (tertiary/aromatic N) is 2. The van der Waals surface area contributed by atoms with Gasteiger partial charge in [0.1, 0.15) is 10.0 Å². The van der Waals surface area contributed by atoms with E-state index in [4.69, 9.17) is 11.6 Å². The van der Waals surface area contributed by atoms with Crippen molar-refractivity contribution in [1.29, 1.82) is 0 Å². The summed E-state index contributed by atoms with van der Waals surface area (Å²) in [6.45, 7) is 2.10. The summed E-state index contributed by atoms with van der Waals surface area (Å²) in [4.78, 5) is 1.27. The Morgan fingerprint density at radius 3 is 2.87 bits per heavy atom. The first kappa shape index (κ1) is 10.9. The third kappa shape index (κ3) is 2.71. The van der Waals surface area contributed by atoms with Crippen LogP contribution in [0.5, 0.6) is 0 Å². The van der Waals surface area contributed by atoms with Crippen molar-refractivity contribution < 1.29 is 0 Å². The van der Waals surface area contributed by atoms with E-state index in [9.17, 15) is 0 Å². The lowest BCUT2D eigenvalue weighted by Gasteiger charge is -2.02. The van der Waals surface area contributed by atoms with Gasteiger partial charge in [0, 0.05) is 22.2 Å². The molecule has 2 nitrogen and oxygen atoms in total. The third-order valence-electron chi connectivity index (χ3n) is 1.97. The van der Waals surface area contributed by atoms with Crippen molar-refractivity contribution in [3.05, 3.63) is 39.9 Å². The first-order valence-electron chi connectivity index (χ1n) is 4.42. The number of rotatable bonds is 3. The van der Waals surface area contributed by atoms with Crippen molar-refractivity contribution in [2.75, 3.05) is 0 Å². The second-order valence-electron chi connectivity index (χ2n) is 3.05. The highest BCUT2D eigenvalue weighted by atomic mass is 35.5. The third-order valence-corrected chi connectivity index (χ3v) is 4.14. The second kappa shape index (κ2) is 4.96. The predicted molar refractivity (Wildman–Crippen MR) is 65.7 cm³/mol. The second-order valence-corrected chi connectivity index (χ2v) is 5.42. The highest BCUT2D eigenvalue weighted by Gasteiger charge is 2.06. The van der Waals surface area contributed by atoms with Gasteiger partial charge in [0.05, 0.1) is 0 Å². The zero-order valence-corrected chi connectivity index (χ0v) is 10.5. The van der Waals surface area contributed by atoms with Crippen LogP contribution in [0, 0.1) is 6.92 Å². The van der Waals surface area contributed by atoms with Crippen LogP contribution in [-0.4, -0.2) is 9.59 Å². The fraction of sp³-hybridized carbons (Fsp3) is 0.200. The zero-order valence-electron chi connectivity index (χ0n) is 8.11. The molecule has 0 spiro atoms. The highest BCUT2D eigenvalue weighted by molar-refractivity contribution is 7.98. The lowest BCUT2D eigenvalue weighted by atomic mass is 10.2. The number of halogens is 1. The van der Waals surface area contributed by atoms with Crippen LogP contribution in [0.1, 0.15) is 11.3 Å². The molecule has 78 valence electrons. The topological polar surface area (TPSA) is 25.8 Å². The summed E-state index contributed by atoms with van der Waals surface area (Å²) in [7, 11) is 0. The molecule has 15 heavy (non-hydrogen) atoms. The molecule has 0 unspecified atom stereocenters. The van der Waals surface area contributed by atoms with Crippen molar-refractivity contribution >= 4 is 34.9 Å². The van der Waals surface area contributed by atoms with Gasteiger partial charge in [0.15, 0.2) is 0 Å². The van der Waals surface area contributed by atoms with Gasteiger partial charge in [-0.15, -0.1) is 16.9 Å². The van der Waals surface area contributed by atoms with Crippen LogP contribution in [0.15, 0.2) is 29.2 Å². The lowest BCUT2D eigenvalue weighted by molar-refractivity contribution is 1.07. The largest absolute Gasteiger partial charge is 0.141 e. The Kier molecular flexibility index (Phi) is 3.61. The molecule has 1 aromatic heterocycles. The van der Waals surface area contributed by atoms with E-state index in [-0.39, 0.29) is 0 Å². The summed E-state index contributed by atoms with van der Waals surface area (Å²) in [5.74, 6) is 0.778. The standard InChI is InChI=1S/C10H9ClN2S2/c1-7-4-2-3-5-9(7)14-6-8-10(11)15-13-12-8/h2-5H,6H2,1H3. The van der Waals surface area contributed by atoms with Crippen molar-refractivity contribution in [3.63, 3.8) is 0 Å². The van der Waals surface area contributed by atoms with Gasteiger partial charge in [-0.05, 0) is 18.6 Å². The van der Waals surface area contributed by atoms with E-state index in [0.717, 1.165) is 11.4 Å². The van der Waals surface area contributed by atoms with E-state index in [1.807, 2.05) is 12.1 Å². The monoisotopic (exact) mass is 256 g/mol. The molecule has 0 bridgehead atoms. The normalized spacial score (nSPS) is 10.5. The number of thioether (sulfide) groups is 1. The van der Waals surface area contributed by atoms with Gasteiger partial charge >= 0.3 is 0 Å². The summed E-state index contributed by atoms with van der Waals surface area (Å²) in [6, 6.07) is 8.28. The lowest BCUT2D eigenvalue weighted by Crippen LogP contribution is -1.84. The Labute approximate surface area is 102 Å². The molecule has 0 aliphatic carbocycles. The van der Waals surface area contributed by atoms with Crippen molar-refractivity contribution in [3.8, 4) is 0 Å². The van der Waals surface area contributed by atoms with E-state index < -0.39 is 0 Å². The average Bonchev–Trinajstić information content (AvgIpc) is 2.63. The molecular weight excluding hydrogens is 248 g/mol. The molecule has 0 aliphatic heterocycles. The van der Waals surface area contributed by atoms with Gasteiger partial charge in [0.2, 0.25) is 0 Å². The first-order valence-corrected chi connectivity index (χ1v) is 6.56. The van der Waals surface area contributed by atoms with E-state index in [1.165, 1.54) is 22.0 Å². The van der Waals surface area contributed by atoms with E-state index in [1.54, 1.807) is 11.8 Å². The van der Waals surface area contributed by atoms with Gasteiger partial charge in [-0.25, -0.2) is 0 Å². The summed E-state index contributed by atoms with van der Waals surface area (Å²) in [5, 5.41) is 3.98. The van der Waals surface area contributed by atoms with Crippen molar-refractivity contribution in [2.24, 2.45) is 0 Å². The summed E-state index contributed by atoms with van der Waals surface area (Å²) in [6.07, 6.45) is 0. The minimum atomic E-state index is 0.691. The van der Waals surface area contributed by atoms with Crippen LogP contribution in [0.2, 0.25) is 4.34 Å². The van der Waals surface area contributed by atoms with Crippen LogP contribution in [0.3, 0.4) is 0 Å². The molecule has 1 aromatic carbocycles. The Hall–Kier alpha value is -0.580. The van der Waals surface area contributed by atoms with Crippen LogP contribution >= 0.6 is 34.9 Å². The molecule has 0 amide bonds. The van der Waals surface area contributed by atoms with Gasteiger partial charge in [0.25, 0.3) is 0 Å². The maximum atomic E-state index is 5.93. The maximum absolute atomic E-state index is 5.93. The van der Waals surface area contributed by atoms with E-state index in [2.05, 4.69) is 28.6 Å². The Bertz CT molecular complexity index is 456. The Morgan fingerprint density at radius 2 is 2.20 bits per heavy atom. The molecule has 2 aromatic rings. The van der Waals surface area contributed by atoms with Crippen LogP contribution in [-0.2, 0) is 5.75 Å². The van der Waals surface area contributed by atoms with E-state index >= 15 is 0 Å². The van der Waals surface area contributed by atoms with Crippen LogP contribution < -0.4 is 0 Å². The summed E-state index contributed by atoms with van der Waals surface area (Å²) < 4.78 is 4.49.